The Morgan fingerprint density at radius 3 is 2.53 bits per heavy atom. The summed E-state index contributed by atoms with van der Waals surface area (Å²) >= 11 is 6.29. The Morgan fingerprint density at radius 1 is 1.00 bits per heavy atom. The van der Waals surface area contributed by atoms with Crippen LogP contribution < -0.4 is 0 Å². The minimum Gasteiger partial charge on any atom is -0.441 e. The van der Waals surface area contributed by atoms with Gasteiger partial charge >= 0.3 is 0 Å². The molecule has 2 heterocycles. The normalized spacial score (nSPS) is 11.4. The van der Waals surface area contributed by atoms with Gasteiger partial charge in [-0.25, -0.2) is 9.67 Å². The van der Waals surface area contributed by atoms with Crippen LogP contribution >= 0.6 is 11.6 Å². The largest absolute Gasteiger partial charge is 0.441 e. The average Bonchev–Trinajstić information content (AvgIpc) is 3.23. The third-order valence-electron chi connectivity index (χ3n) is 5.03. The van der Waals surface area contributed by atoms with Crippen LogP contribution in [0.4, 0.5) is 0 Å². The molecule has 4 rings (SSSR count). The van der Waals surface area contributed by atoms with Gasteiger partial charge in [0.05, 0.1) is 27.7 Å². The van der Waals surface area contributed by atoms with Crippen molar-refractivity contribution in [1.82, 2.24) is 19.7 Å². The van der Waals surface area contributed by atoms with E-state index < -0.39 is 0 Å². The van der Waals surface area contributed by atoms with Crippen molar-refractivity contribution in [2.75, 3.05) is 7.05 Å². The summed E-state index contributed by atoms with van der Waals surface area (Å²) in [7, 11) is 2.08. The molecule has 0 unspecified atom stereocenters. The smallest absolute Gasteiger partial charge is 0.228 e. The lowest BCUT2D eigenvalue weighted by Gasteiger charge is -2.16. The van der Waals surface area contributed by atoms with Crippen molar-refractivity contribution in [3.05, 3.63) is 88.0 Å². The lowest BCUT2D eigenvalue weighted by Crippen LogP contribution is -2.18. The zero-order valence-electron chi connectivity index (χ0n) is 17.7. The van der Waals surface area contributed by atoms with Crippen molar-refractivity contribution >= 4 is 11.6 Å². The Bertz CT molecular complexity index is 1180. The molecule has 6 heteroatoms. The number of hydrogen-bond acceptors (Lipinski definition) is 4. The summed E-state index contributed by atoms with van der Waals surface area (Å²) in [6.45, 7) is 7.51. The first-order valence-corrected chi connectivity index (χ1v) is 10.3. The maximum atomic E-state index is 6.29. The van der Waals surface area contributed by atoms with Gasteiger partial charge in [-0.15, -0.1) is 0 Å². The van der Waals surface area contributed by atoms with Gasteiger partial charge in [0.1, 0.15) is 5.76 Å². The van der Waals surface area contributed by atoms with Crippen LogP contribution in [0, 0.1) is 20.8 Å². The molecule has 2 aromatic carbocycles. The van der Waals surface area contributed by atoms with Crippen LogP contribution in [0.25, 0.3) is 17.1 Å². The molecule has 0 aliphatic carbocycles. The molecule has 0 bridgehead atoms. The third kappa shape index (κ3) is 4.32. The number of aryl methyl sites for hydroxylation is 3. The molecule has 30 heavy (non-hydrogen) atoms. The fourth-order valence-corrected chi connectivity index (χ4v) is 3.84. The van der Waals surface area contributed by atoms with E-state index in [1.807, 2.05) is 42.8 Å². The van der Waals surface area contributed by atoms with E-state index in [1.165, 1.54) is 5.56 Å². The van der Waals surface area contributed by atoms with Gasteiger partial charge in [-0.1, -0.05) is 35.9 Å². The zero-order valence-corrected chi connectivity index (χ0v) is 18.4. The fourth-order valence-electron chi connectivity index (χ4n) is 3.62. The summed E-state index contributed by atoms with van der Waals surface area (Å²) in [5.41, 5.74) is 6.17. The highest BCUT2D eigenvalue weighted by Crippen LogP contribution is 2.28. The van der Waals surface area contributed by atoms with Crippen LogP contribution in [-0.2, 0) is 13.1 Å². The van der Waals surface area contributed by atoms with E-state index in [2.05, 4.69) is 54.3 Å². The van der Waals surface area contributed by atoms with Gasteiger partial charge in [0.2, 0.25) is 5.89 Å². The molecule has 154 valence electrons. The highest BCUT2D eigenvalue weighted by Gasteiger charge is 2.15. The van der Waals surface area contributed by atoms with E-state index >= 15 is 0 Å². The van der Waals surface area contributed by atoms with E-state index in [9.17, 15) is 0 Å². The topological polar surface area (TPSA) is 47.1 Å². The van der Waals surface area contributed by atoms with Crippen LogP contribution in [0.5, 0.6) is 0 Å². The number of hydrogen-bond donors (Lipinski definition) is 0. The minimum absolute atomic E-state index is 0.563. The number of rotatable bonds is 6. The SMILES string of the molecule is Cc1cc(C)n(-c2cccc(CN(C)Cc3nc(-c4ccccc4Cl)oc3C)c2)n1. The first-order chi connectivity index (χ1) is 14.4. The van der Waals surface area contributed by atoms with Crippen molar-refractivity contribution in [3.8, 4) is 17.1 Å². The fraction of sp³-hybridized carbons (Fsp3) is 0.250. The summed E-state index contributed by atoms with van der Waals surface area (Å²) < 4.78 is 7.87. The summed E-state index contributed by atoms with van der Waals surface area (Å²) in [4.78, 5) is 6.92. The van der Waals surface area contributed by atoms with E-state index in [4.69, 9.17) is 21.0 Å². The Kier molecular flexibility index (Phi) is 5.75. The Morgan fingerprint density at radius 2 is 1.80 bits per heavy atom. The second-order valence-corrected chi connectivity index (χ2v) is 8.09. The molecule has 4 aromatic rings. The van der Waals surface area contributed by atoms with Crippen LogP contribution in [0.1, 0.15) is 28.4 Å². The molecular weight excluding hydrogens is 396 g/mol. The second kappa shape index (κ2) is 8.46. The summed E-state index contributed by atoms with van der Waals surface area (Å²) in [6.07, 6.45) is 0. The van der Waals surface area contributed by atoms with Crippen molar-refractivity contribution in [1.29, 1.82) is 0 Å². The van der Waals surface area contributed by atoms with Crippen molar-refractivity contribution < 1.29 is 4.42 Å². The van der Waals surface area contributed by atoms with Crippen molar-refractivity contribution in [3.63, 3.8) is 0 Å². The predicted octanol–water partition coefficient (Wildman–Crippen LogP) is 5.74. The summed E-state index contributed by atoms with van der Waals surface area (Å²) in [6, 6.07) is 18.2. The quantitative estimate of drug-likeness (QED) is 0.399. The number of halogens is 1. The van der Waals surface area contributed by atoms with Crippen molar-refractivity contribution in [2.45, 2.75) is 33.9 Å². The Labute approximate surface area is 181 Å². The third-order valence-corrected chi connectivity index (χ3v) is 5.36. The molecule has 0 aliphatic heterocycles. The van der Waals surface area contributed by atoms with Crippen LogP contribution in [0.15, 0.2) is 59.0 Å². The van der Waals surface area contributed by atoms with E-state index in [0.717, 1.165) is 40.6 Å². The first-order valence-electron chi connectivity index (χ1n) is 9.93. The molecule has 0 atom stereocenters. The lowest BCUT2D eigenvalue weighted by atomic mass is 10.2. The zero-order chi connectivity index (χ0) is 21.3. The second-order valence-electron chi connectivity index (χ2n) is 7.68. The monoisotopic (exact) mass is 420 g/mol. The van der Waals surface area contributed by atoms with Crippen LogP contribution in [-0.4, -0.2) is 26.7 Å². The van der Waals surface area contributed by atoms with Crippen LogP contribution in [0.3, 0.4) is 0 Å². The highest BCUT2D eigenvalue weighted by atomic mass is 35.5. The molecule has 5 nitrogen and oxygen atoms in total. The van der Waals surface area contributed by atoms with Gasteiger partial charge in [-0.2, -0.15) is 5.10 Å². The first kappa shape index (κ1) is 20.4. The predicted molar refractivity (Wildman–Crippen MR) is 120 cm³/mol. The Balaban J connectivity index is 1.49. The molecule has 0 aliphatic rings. The molecule has 0 amide bonds. The Hall–Kier alpha value is -2.89. The molecule has 0 spiro atoms. The van der Waals surface area contributed by atoms with E-state index in [0.29, 0.717) is 17.5 Å². The number of aromatic nitrogens is 3. The van der Waals surface area contributed by atoms with E-state index in [1.54, 1.807) is 0 Å². The summed E-state index contributed by atoms with van der Waals surface area (Å²) in [5.74, 6) is 1.38. The van der Waals surface area contributed by atoms with Gasteiger partial charge in [-0.3, -0.25) is 4.90 Å². The molecule has 0 saturated carbocycles. The molecule has 0 radical (unpaired) electrons. The van der Waals surface area contributed by atoms with Gasteiger partial charge in [0.15, 0.2) is 0 Å². The molecular formula is C24H25ClN4O. The maximum absolute atomic E-state index is 6.29. The van der Waals surface area contributed by atoms with Gasteiger partial charge in [0.25, 0.3) is 0 Å². The highest BCUT2D eigenvalue weighted by molar-refractivity contribution is 6.33. The molecule has 2 aromatic heterocycles. The average molecular weight is 421 g/mol. The molecule has 0 fully saturated rings. The standard InChI is InChI=1S/C24H25ClN4O/c1-16-12-17(2)29(27-16)20-9-7-8-19(13-20)14-28(4)15-23-18(3)30-24(26-23)21-10-5-6-11-22(21)25/h5-13H,14-15H2,1-4H3. The maximum Gasteiger partial charge on any atom is 0.228 e. The van der Waals surface area contributed by atoms with Gasteiger partial charge in [0, 0.05) is 18.8 Å². The minimum atomic E-state index is 0.563. The molecule has 0 N–H and O–H groups in total. The lowest BCUT2D eigenvalue weighted by molar-refractivity contribution is 0.313. The number of oxazole rings is 1. The van der Waals surface area contributed by atoms with E-state index in [-0.39, 0.29) is 0 Å². The van der Waals surface area contributed by atoms with Gasteiger partial charge < -0.3 is 4.42 Å². The van der Waals surface area contributed by atoms with Gasteiger partial charge in [-0.05, 0) is 63.7 Å². The van der Waals surface area contributed by atoms with Crippen LogP contribution in [0.2, 0.25) is 5.02 Å². The number of benzene rings is 2. The number of nitrogens with zero attached hydrogens (tertiary/aromatic N) is 4. The summed E-state index contributed by atoms with van der Waals surface area (Å²) in [5, 5.41) is 5.23. The van der Waals surface area contributed by atoms with Crippen molar-refractivity contribution in [2.24, 2.45) is 0 Å². The molecule has 0 saturated heterocycles.